The fraction of sp³-hybridized carbons (Fsp3) is 0.562. The maximum absolute atomic E-state index is 13.7. The first-order valence-corrected chi connectivity index (χ1v) is 7.53. The van der Waals surface area contributed by atoms with Crippen LogP contribution in [0.1, 0.15) is 36.2 Å². The SMILES string of the molecule is CCN(CC)C1CCN(Cc2ccc(C(=O)O)c(F)c2)C1. The Kier molecular flexibility index (Phi) is 5.31. The molecule has 0 spiro atoms. The lowest BCUT2D eigenvalue weighted by Gasteiger charge is -2.26. The van der Waals surface area contributed by atoms with Gasteiger partial charge in [-0.05, 0) is 37.2 Å². The van der Waals surface area contributed by atoms with Crippen LogP contribution in [0.25, 0.3) is 0 Å². The molecule has 1 aromatic rings. The van der Waals surface area contributed by atoms with Crippen molar-refractivity contribution in [1.29, 1.82) is 0 Å². The highest BCUT2D eigenvalue weighted by Crippen LogP contribution is 2.19. The Bertz CT molecular complexity index is 503. The molecule has 1 fully saturated rings. The Morgan fingerprint density at radius 3 is 2.71 bits per heavy atom. The van der Waals surface area contributed by atoms with E-state index in [1.54, 1.807) is 6.07 Å². The second kappa shape index (κ2) is 7.00. The second-order valence-corrected chi connectivity index (χ2v) is 5.52. The van der Waals surface area contributed by atoms with Gasteiger partial charge in [0.2, 0.25) is 0 Å². The summed E-state index contributed by atoms with van der Waals surface area (Å²) in [6.07, 6.45) is 1.14. The molecule has 116 valence electrons. The van der Waals surface area contributed by atoms with E-state index in [9.17, 15) is 9.18 Å². The van der Waals surface area contributed by atoms with Crippen molar-refractivity contribution < 1.29 is 14.3 Å². The van der Waals surface area contributed by atoms with E-state index in [1.807, 2.05) is 0 Å². The quantitative estimate of drug-likeness (QED) is 0.875. The maximum Gasteiger partial charge on any atom is 0.338 e. The number of hydrogen-bond acceptors (Lipinski definition) is 3. The lowest BCUT2D eigenvalue weighted by atomic mass is 10.1. The van der Waals surface area contributed by atoms with E-state index in [1.165, 1.54) is 12.1 Å². The van der Waals surface area contributed by atoms with Gasteiger partial charge in [0.05, 0.1) is 5.56 Å². The highest BCUT2D eigenvalue weighted by Gasteiger charge is 2.26. The average molecular weight is 294 g/mol. The van der Waals surface area contributed by atoms with E-state index >= 15 is 0 Å². The van der Waals surface area contributed by atoms with Crippen molar-refractivity contribution in [2.75, 3.05) is 26.2 Å². The van der Waals surface area contributed by atoms with E-state index in [0.29, 0.717) is 12.6 Å². The Balaban J connectivity index is 1.97. The molecule has 1 saturated heterocycles. The molecule has 0 saturated carbocycles. The molecule has 0 amide bonds. The Hall–Kier alpha value is -1.46. The van der Waals surface area contributed by atoms with Crippen LogP contribution >= 0.6 is 0 Å². The largest absolute Gasteiger partial charge is 0.478 e. The summed E-state index contributed by atoms with van der Waals surface area (Å²) in [5, 5.41) is 8.83. The molecule has 1 heterocycles. The number of likely N-dealkylation sites (tertiary alicyclic amines) is 1. The normalized spacial score (nSPS) is 19.3. The Morgan fingerprint density at radius 2 is 2.14 bits per heavy atom. The van der Waals surface area contributed by atoms with Gasteiger partial charge in [-0.25, -0.2) is 9.18 Å². The Labute approximate surface area is 125 Å². The highest BCUT2D eigenvalue weighted by molar-refractivity contribution is 5.87. The minimum atomic E-state index is -1.22. The van der Waals surface area contributed by atoms with Crippen LogP contribution in [0.3, 0.4) is 0 Å². The molecule has 0 radical (unpaired) electrons. The Morgan fingerprint density at radius 1 is 1.43 bits per heavy atom. The van der Waals surface area contributed by atoms with Gasteiger partial charge in [-0.3, -0.25) is 9.80 Å². The summed E-state index contributed by atoms with van der Waals surface area (Å²) in [5.74, 6) is -1.87. The minimum absolute atomic E-state index is 0.263. The fourth-order valence-electron chi connectivity index (χ4n) is 3.08. The summed E-state index contributed by atoms with van der Waals surface area (Å²) in [6, 6.07) is 4.97. The molecule has 5 heteroatoms. The third-order valence-electron chi connectivity index (χ3n) is 4.25. The molecule has 0 aliphatic carbocycles. The number of hydrogen-bond donors (Lipinski definition) is 1. The van der Waals surface area contributed by atoms with Gasteiger partial charge in [-0.1, -0.05) is 19.9 Å². The lowest BCUT2D eigenvalue weighted by molar-refractivity contribution is 0.0692. The van der Waals surface area contributed by atoms with Gasteiger partial charge in [0.25, 0.3) is 0 Å². The van der Waals surface area contributed by atoms with Crippen molar-refractivity contribution >= 4 is 5.97 Å². The third-order valence-corrected chi connectivity index (χ3v) is 4.25. The van der Waals surface area contributed by atoms with Crippen molar-refractivity contribution in [3.05, 3.63) is 35.1 Å². The highest BCUT2D eigenvalue weighted by atomic mass is 19.1. The molecule has 1 unspecified atom stereocenters. The van der Waals surface area contributed by atoms with Gasteiger partial charge in [-0.15, -0.1) is 0 Å². The first-order valence-electron chi connectivity index (χ1n) is 7.53. The number of carbonyl (C=O) groups is 1. The molecule has 0 aromatic heterocycles. The number of benzene rings is 1. The molecule has 1 atom stereocenters. The molecule has 1 aromatic carbocycles. The van der Waals surface area contributed by atoms with Crippen LogP contribution in [0, 0.1) is 5.82 Å². The number of carboxylic acids is 1. The van der Waals surface area contributed by atoms with E-state index < -0.39 is 11.8 Å². The molecular weight excluding hydrogens is 271 g/mol. The molecule has 1 aliphatic heterocycles. The fourth-order valence-corrected chi connectivity index (χ4v) is 3.08. The van der Waals surface area contributed by atoms with Gasteiger partial charge in [0.15, 0.2) is 0 Å². The first-order chi connectivity index (χ1) is 10.0. The number of carboxylic acid groups (broad SMARTS) is 1. The predicted octanol–water partition coefficient (Wildman–Crippen LogP) is 2.44. The standard InChI is InChI=1S/C16H23FN2O2/c1-3-19(4-2)13-7-8-18(11-13)10-12-5-6-14(16(20)21)15(17)9-12/h5-6,9,13H,3-4,7-8,10-11H2,1-2H3,(H,20,21). The van der Waals surface area contributed by atoms with Gasteiger partial charge in [0, 0.05) is 25.7 Å². The van der Waals surface area contributed by atoms with Crippen molar-refractivity contribution in [1.82, 2.24) is 9.80 Å². The second-order valence-electron chi connectivity index (χ2n) is 5.52. The van der Waals surface area contributed by atoms with Crippen LogP contribution < -0.4 is 0 Å². The number of nitrogens with zero attached hydrogens (tertiary/aromatic N) is 2. The minimum Gasteiger partial charge on any atom is -0.478 e. The third kappa shape index (κ3) is 3.80. The van der Waals surface area contributed by atoms with E-state index in [2.05, 4.69) is 23.6 Å². The molecule has 2 rings (SSSR count). The zero-order chi connectivity index (χ0) is 15.4. The predicted molar refractivity (Wildman–Crippen MR) is 80.0 cm³/mol. The summed E-state index contributed by atoms with van der Waals surface area (Å²) in [6.45, 7) is 9.12. The van der Waals surface area contributed by atoms with Crippen LogP contribution in [0.15, 0.2) is 18.2 Å². The van der Waals surface area contributed by atoms with E-state index in [4.69, 9.17) is 5.11 Å². The zero-order valence-electron chi connectivity index (χ0n) is 12.7. The van der Waals surface area contributed by atoms with Crippen molar-refractivity contribution in [3.63, 3.8) is 0 Å². The van der Waals surface area contributed by atoms with Crippen molar-refractivity contribution in [3.8, 4) is 0 Å². The first kappa shape index (κ1) is 15.9. The van der Waals surface area contributed by atoms with Gasteiger partial charge >= 0.3 is 5.97 Å². The van der Waals surface area contributed by atoms with Gasteiger partial charge in [0.1, 0.15) is 5.82 Å². The van der Waals surface area contributed by atoms with Gasteiger partial charge in [-0.2, -0.15) is 0 Å². The van der Waals surface area contributed by atoms with Crippen LogP contribution in [0.5, 0.6) is 0 Å². The number of likely N-dealkylation sites (N-methyl/N-ethyl adjacent to an activating group) is 1. The van der Waals surface area contributed by atoms with Crippen molar-refractivity contribution in [2.24, 2.45) is 0 Å². The molecule has 0 bridgehead atoms. The van der Waals surface area contributed by atoms with Crippen molar-refractivity contribution in [2.45, 2.75) is 32.9 Å². The maximum atomic E-state index is 13.7. The number of halogens is 1. The topological polar surface area (TPSA) is 43.8 Å². The zero-order valence-corrected chi connectivity index (χ0v) is 12.7. The van der Waals surface area contributed by atoms with E-state index in [-0.39, 0.29) is 5.56 Å². The summed E-state index contributed by atoms with van der Waals surface area (Å²) < 4.78 is 13.7. The molecule has 4 nitrogen and oxygen atoms in total. The lowest BCUT2D eigenvalue weighted by Crippen LogP contribution is -2.37. The number of aromatic carboxylic acids is 1. The van der Waals surface area contributed by atoms with E-state index in [0.717, 1.165) is 38.2 Å². The monoisotopic (exact) mass is 294 g/mol. The van der Waals surface area contributed by atoms with Gasteiger partial charge < -0.3 is 5.11 Å². The molecule has 21 heavy (non-hydrogen) atoms. The van der Waals surface area contributed by atoms with Crippen LogP contribution in [-0.2, 0) is 6.54 Å². The van der Waals surface area contributed by atoms with Crippen LogP contribution in [0.4, 0.5) is 4.39 Å². The smallest absolute Gasteiger partial charge is 0.338 e. The van der Waals surface area contributed by atoms with Crippen LogP contribution in [0.2, 0.25) is 0 Å². The average Bonchev–Trinajstić information content (AvgIpc) is 2.88. The molecule has 1 aliphatic rings. The number of rotatable bonds is 6. The summed E-state index contributed by atoms with van der Waals surface area (Å²) >= 11 is 0. The molecule has 1 N–H and O–H groups in total. The van der Waals surface area contributed by atoms with Crippen LogP contribution in [-0.4, -0.2) is 53.1 Å². The summed E-state index contributed by atoms with van der Waals surface area (Å²) in [7, 11) is 0. The molecular formula is C16H23FN2O2. The summed E-state index contributed by atoms with van der Waals surface area (Å²) in [5.41, 5.74) is 0.568. The summed E-state index contributed by atoms with van der Waals surface area (Å²) in [4.78, 5) is 15.6.